The number of carbonyl (C=O) groups is 1. The molecule has 2 heterocycles. The van der Waals surface area contributed by atoms with Crippen LogP contribution in [-0.2, 0) is 6.54 Å². The van der Waals surface area contributed by atoms with Crippen LogP contribution in [-0.4, -0.2) is 27.1 Å². The van der Waals surface area contributed by atoms with Gasteiger partial charge in [-0.1, -0.05) is 24.3 Å². The second kappa shape index (κ2) is 7.26. The van der Waals surface area contributed by atoms with Gasteiger partial charge < -0.3 is 4.90 Å². The van der Waals surface area contributed by atoms with Gasteiger partial charge in [-0.3, -0.25) is 9.48 Å². The number of aryl methyl sites for hydroxylation is 1. The number of rotatable bonds is 3. The number of benzene rings is 2. The number of nitrogens with zero attached hydrogens (tertiary/aromatic N) is 5. The topological polar surface area (TPSA) is 85.7 Å². The average molecular weight is 381 g/mol. The van der Waals surface area contributed by atoms with Crippen molar-refractivity contribution in [2.75, 3.05) is 6.54 Å². The molecule has 4 rings (SSSR count). The lowest BCUT2D eigenvalue weighted by Crippen LogP contribution is -2.41. The van der Waals surface area contributed by atoms with Crippen LogP contribution in [0, 0.1) is 29.6 Å². The predicted molar refractivity (Wildman–Crippen MR) is 108 cm³/mol. The van der Waals surface area contributed by atoms with Crippen LogP contribution in [0.1, 0.15) is 45.7 Å². The third-order valence-electron chi connectivity index (χ3n) is 5.17. The van der Waals surface area contributed by atoms with Crippen molar-refractivity contribution in [3.8, 4) is 23.4 Å². The lowest BCUT2D eigenvalue weighted by molar-refractivity contribution is 0.0651. The zero-order chi connectivity index (χ0) is 20.5. The maximum absolute atomic E-state index is 13.1. The molecule has 142 valence electrons. The van der Waals surface area contributed by atoms with Gasteiger partial charge >= 0.3 is 0 Å². The number of hydrogen-bond acceptors (Lipinski definition) is 4. The Balaban J connectivity index is 1.65. The molecule has 29 heavy (non-hydrogen) atoms. The van der Waals surface area contributed by atoms with E-state index in [4.69, 9.17) is 5.26 Å². The van der Waals surface area contributed by atoms with Crippen molar-refractivity contribution in [1.29, 1.82) is 10.5 Å². The SMILES string of the molecule is Cc1ccc(-c2cc3n(n2)C(C)CN(Cc2ccc(C#N)cc2)C3=O)c(C#N)c1. The minimum absolute atomic E-state index is 0.0193. The summed E-state index contributed by atoms with van der Waals surface area (Å²) >= 11 is 0. The molecule has 0 fully saturated rings. The molecule has 0 bridgehead atoms. The van der Waals surface area contributed by atoms with Crippen molar-refractivity contribution >= 4 is 5.91 Å². The fourth-order valence-corrected chi connectivity index (χ4v) is 3.68. The van der Waals surface area contributed by atoms with E-state index in [9.17, 15) is 10.1 Å². The molecule has 1 amide bonds. The van der Waals surface area contributed by atoms with Crippen molar-refractivity contribution in [2.24, 2.45) is 0 Å². The van der Waals surface area contributed by atoms with E-state index in [2.05, 4.69) is 17.2 Å². The highest BCUT2D eigenvalue weighted by Gasteiger charge is 2.31. The molecular formula is C23H19N5O. The molecule has 1 aromatic heterocycles. The van der Waals surface area contributed by atoms with E-state index in [0.29, 0.717) is 35.6 Å². The van der Waals surface area contributed by atoms with Crippen LogP contribution in [0.3, 0.4) is 0 Å². The second-order valence-corrected chi connectivity index (χ2v) is 7.36. The maximum Gasteiger partial charge on any atom is 0.272 e. The molecule has 0 aliphatic carbocycles. The highest BCUT2D eigenvalue weighted by atomic mass is 16.2. The second-order valence-electron chi connectivity index (χ2n) is 7.36. The van der Waals surface area contributed by atoms with Crippen LogP contribution in [0.15, 0.2) is 48.5 Å². The van der Waals surface area contributed by atoms with Crippen LogP contribution >= 0.6 is 0 Å². The Morgan fingerprint density at radius 2 is 1.86 bits per heavy atom. The molecule has 3 aromatic rings. The first-order valence-electron chi connectivity index (χ1n) is 9.39. The zero-order valence-electron chi connectivity index (χ0n) is 16.3. The average Bonchev–Trinajstić information content (AvgIpc) is 3.18. The van der Waals surface area contributed by atoms with Crippen molar-refractivity contribution < 1.29 is 4.79 Å². The summed E-state index contributed by atoms with van der Waals surface area (Å²) in [4.78, 5) is 14.9. The molecule has 1 aliphatic heterocycles. The summed E-state index contributed by atoms with van der Waals surface area (Å²) in [6, 6.07) is 19.0. The van der Waals surface area contributed by atoms with Gasteiger partial charge in [0.15, 0.2) is 0 Å². The van der Waals surface area contributed by atoms with E-state index in [1.807, 2.05) is 44.2 Å². The number of amides is 1. The molecule has 6 heteroatoms. The molecule has 0 radical (unpaired) electrons. The molecule has 0 spiro atoms. The predicted octanol–water partition coefficient (Wildman–Crippen LogP) is 3.82. The standard InChI is InChI=1S/C23H19N5O/c1-15-3-8-20(19(9-15)12-25)21-10-22-23(29)27(13-16(2)28(22)26-21)14-18-6-4-17(11-24)5-7-18/h3-10,16H,13-14H2,1-2H3. The molecule has 0 N–H and O–H groups in total. The Labute approximate surface area is 169 Å². The molecule has 0 saturated carbocycles. The fourth-order valence-electron chi connectivity index (χ4n) is 3.68. The maximum atomic E-state index is 13.1. The van der Waals surface area contributed by atoms with Gasteiger partial charge in [0.2, 0.25) is 0 Å². The molecule has 0 saturated heterocycles. The summed E-state index contributed by atoms with van der Waals surface area (Å²) < 4.78 is 1.76. The van der Waals surface area contributed by atoms with Gasteiger partial charge in [0.1, 0.15) is 5.69 Å². The number of aromatic nitrogens is 2. The number of hydrogen-bond donors (Lipinski definition) is 0. The Bertz CT molecular complexity index is 1180. The lowest BCUT2D eigenvalue weighted by atomic mass is 10.0. The molecular weight excluding hydrogens is 362 g/mol. The molecule has 1 atom stereocenters. The van der Waals surface area contributed by atoms with E-state index in [1.54, 1.807) is 27.8 Å². The van der Waals surface area contributed by atoms with Gasteiger partial charge in [-0.25, -0.2) is 0 Å². The minimum Gasteiger partial charge on any atom is -0.331 e. The van der Waals surface area contributed by atoms with E-state index < -0.39 is 0 Å². The summed E-state index contributed by atoms with van der Waals surface area (Å²) in [6.45, 7) is 4.99. The van der Waals surface area contributed by atoms with Crippen LogP contribution in [0.5, 0.6) is 0 Å². The summed E-state index contributed by atoms with van der Waals surface area (Å²) in [5, 5.41) is 23.1. The normalized spacial score (nSPS) is 15.5. The summed E-state index contributed by atoms with van der Waals surface area (Å²) in [5.41, 5.74) is 5.03. The monoisotopic (exact) mass is 381 g/mol. The van der Waals surface area contributed by atoms with Crippen LogP contribution in [0.2, 0.25) is 0 Å². The lowest BCUT2D eigenvalue weighted by Gasteiger charge is -2.31. The van der Waals surface area contributed by atoms with Gasteiger partial charge in [-0.15, -0.1) is 0 Å². The Morgan fingerprint density at radius 3 is 2.55 bits per heavy atom. The number of nitriles is 2. The fraction of sp³-hybridized carbons (Fsp3) is 0.217. The largest absolute Gasteiger partial charge is 0.331 e. The zero-order valence-corrected chi connectivity index (χ0v) is 16.3. The van der Waals surface area contributed by atoms with Gasteiger partial charge in [-0.2, -0.15) is 15.6 Å². The smallest absolute Gasteiger partial charge is 0.272 e. The highest BCUT2D eigenvalue weighted by Crippen LogP contribution is 2.29. The number of fused-ring (bicyclic) bond motifs is 1. The van der Waals surface area contributed by atoms with Gasteiger partial charge in [-0.05, 0) is 49.2 Å². The quantitative estimate of drug-likeness (QED) is 0.690. The van der Waals surface area contributed by atoms with Gasteiger partial charge in [0, 0.05) is 18.7 Å². The highest BCUT2D eigenvalue weighted by molar-refractivity contribution is 5.94. The van der Waals surface area contributed by atoms with Crippen LogP contribution < -0.4 is 0 Å². The van der Waals surface area contributed by atoms with Crippen molar-refractivity contribution in [1.82, 2.24) is 14.7 Å². The van der Waals surface area contributed by atoms with Crippen molar-refractivity contribution in [3.05, 3.63) is 76.5 Å². The Morgan fingerprint density at radius 1 is 1.10 bits per heavy atom. The van der Waals surface area contributed by atoms with Crippen molar-refractivity contribution in [3.63, 3.8) is 0 Å². The van der Waals surface area contributed by atoms with E-state index in [1.165, 1.54) is 0 Å². The molecule has 2 aromatic carbocycles. The van der Waals surface area contributed by atoms with E-state index in [-0.39, 0.29) is 11.9 Å². The summed E-state index contributed by atoms with van der Waals surface area (Å²) in [6.07, 6.45) is 0. The molecule has 1 unspecified atom stereocenters. The Hall–Kier alpha value is -3.90. The molecule has 1 aliphatic rings. The summed E-state index contributed by atoms with van der Waals surface area (Å²) in [7, 11) is 0. The van der Waals surface area contributed by atoms with Crippen LogP contribution in [0.25, 0.3) is 11.3 Å². The van der Waals surface area contributed by atoms with Gasteiger partial charge in [0.05, 0.1) is 35.0 Å². The van der Waals surface area contributed by atoms with E-state index >= 15 is 0 Å². The first-order valence-corrected chi connectivity index (χ1v) is 9.39. The first kappa shape index (κ1) is 18.5. The first-order chi connectivity index (χ1) is 14.0. The Kier molecular flexibility index (Phi) is 4.62. The van der Waals surface area contributed by atoms with Crippen LogP contribution in [0.4, 0.5) is 0 Å². The van der Waals surface area contributed by atoms with Gasteiger partial charge in [0.25, 0.3) is 5.91 Å². The number of carbonyl (C=O) groups excluding carboxylic acids is 1. The molecule has 6 nitrogen and oxygen atoms in total. The third kappa shape index (κ3) is 3.37. The van der Waals surface area contributed by atoms with E-state index in [0.717, 1.165) is 16.7 Å². The third-order valence-corrected chi connectivity index (χ3v) is 5.17. The van der Waals surface area contributed by atoms with Crippen molar-refractivity contribution in [2.45, 2.75) is 26.4 Å². The summed E-state index contributed by atoms with van der Waals surface area (Å²) in [5.74, 6) is -0.0863. The minimum atomic E-state index is -0.0863.